The van der Waals surface area contributed by atoms with Crippen molar-refractivity contribution >= 4 is 11.8 Å². The Balaban J connectivity index is 0.997. The lowest BCUT2D eigenvalue weighted by atomic mass is 10.0. The summed E-state index contributed by atoms with van der Waals surface area (Å²) in [4.78, 5) is 56.5. The third kappa shape index (κ3) is 6.50. The first kappa shape index (κ1) is 32.9. The molecule has 0 saturated carbocycles. The minimum Gasteiger partial charge on any atom is -0.339 e. The summed E-state index contributed by atoms with van der Waals surface area (Å²) in [6.07, 6.45) is 9.59. The number of likely N-dealkylation sites (N-methyl/N-ethyl adjacent to an activating group) is 1. The van der Waals surface area contributed by atoms with E-state index in [0.29, 0.717) is 0 Å². The topological polar surface area (TPSA) is 108 Å². The summed E-state index contributed by atoms with van der Waals surface area (Å²) < 4.78 is 0. The molecule has 262 valence electrons. The number of nitrogens with one attached hydrogen (secondary N) is 2. The molecule has 2 aromatic heterocycles. The van der Waals surface area contributed by atoms with Gasteiger partial charge in [-0.1, -0.05) is 60.7 Å². The van der Waals surface area contributed by atoms with Gasteiger partial charge in [-0.15, -0.1) is 0 Å². The number of carbonyl (C=O) groups excluding carboxylic acids is 2. The van der Waals surface area contributed by atoms with E-state index < -0.39 is 0 Å². The molecule has 0 radical (unpaired) electrons. The normalized spacial score (nSPS) is 23.5. The predicted molar refractivity (Wildman–Crippen MR) is 192 cm³/mol. The lowest BCUT2D eigenvalue weighted by molar-refractivity contribution is -0.139. The van der Waals surface area contributed by atoms with Crippen LogP contribution in [-0.2, 0) is 9.59 Å². The fourth-order valence-electron chi connectivity index (χ4n) is 8.60. The highest BCUT2D eigenvalue weighted by Crippen LogP contribution is 2.38. The minimum atomic E-state index is -0.306. The average Bonchev–Trinajstić information content (AvgIpc) is 4.00. The van der Waals surface area contributed by atoms with Crippen molar-refractivity contribution in [3.63, 3.8) is 0 Å². The molecule has 2 amide bonds. The molecule has 11 heteroatoms. The fourth-order valence-corrected chi connectivity index (χ4v) is 8.60. The number of amides is 2. The second-order valence-corrected chi connectivity index (χ2v) is 14.5. The SMILES string of the molecule is CN1CCN(C(C(=O)N2CCC[C@H]2c2ncc(-c3cnc([C@@H]4CCCN4C(=O)[C@@H](c4ccccc4)N4CCCC4)[nH]3)[nH]2)c2ccccc2)CC1. The lowest BCUT2D eigenvalue weighted by Gasteiger charge is -2.39. The van der Waals surface area contributed by atoms with Crippen molar-refractivity contribution in [2.75, 3.05) is 59.4 Å². The van der Waals surface area contributed by atoms with Crippen LogP contribution < -0.4 is 0 Å². The van der Waals surface area contributed by atoms with E-state index in [1.54, 1.807) is 0 Å². The van der Waals surface area contributed by atoms with Gasteiger partial charge in [-0.2, -0.15) is 0 Å². The molecule has 4 atom stereocenters. The van der Waals surface area contributed by atoms with E-state index >= 15 is 0 Å². The van der Waals surface area contributed by atoms with Crippen molar-refractivity contribution < 1.29 is 9.59 Å². The van der Waals surface area contributed by atoms with E-state index in [-0.39, 0.29) is 36.0 Å². The second kappa shape index (κ2) is 14.5. The Morgan fingerprint density at radius 1 is 0.600 bits per heavy atom. The highest BCUT2D eigenvalue weighted by molar-refractivity contribution is 5.84. The molecule has 2 N–H and O–H groups in total. The summed E-state index contributed by atoms with van der Waals surface area (Å²) in [6, 6.07) is 19.7. The summed E-state index contributed by atoms with van der Waals surface area (Å²) in [7, 11) is 2.14. The van der Waals surface area contributed by atoms with Crippen LogP contribution in [0.3, 0.4) is 0 Å². The number of likely N-dealkylation sites (tertiary alicyclic amines) is 3. The third-order valence-electron chi connectivity index (χ3n) is 11.3. The summed E-state index contributed by atoms with van der Waals surface area (Å²) in [6.45, 7) is 6.98. The fraction of sp³-hybridized carbons (Fsp3) is 0.487. The van der Waals surface area contributed by atoms with Crippen LogP contribution >= 0.6 is 0 Å². The quantitative estimate of drug-likeness (QED) is 0.259. The van der Waals surface area contributed by atoms with Crippen LogP contribution in [-0.4, -0.2) is 116 Å². The van der Waals surface area contributed by atoms with E-state index in [1.807, 2.05) is 58.6 Å². The number of rotatable bonds is 9. The molecule has 0 spiro atoms. The van der Waals surface area contributed by atoms with Crippen LogP contribution in [0.4, 0.5) is 0 Å². The van der Waals surface area contributed by atoms with Gasteiger partial charge in [-0.25, -0.2) is 9.97 Å². The molecule has 4 fully saturated rings. The maximum Gasteiger partial charge on any atom is 0.245 e. The van der Waals surface area contributed by atoms with Crippen LogP contribution in [0.25, 0.3) is 11.4 Å². The maximum atomic E-state index is 14.4. The molecule has 50 heavy (non-hydrogen) atoms. The van der Waals surface area contributed by atoms with Crippen molar-refractivity contribution in [3.05, 3.63) is 95.8 Å². The molecule has 0 aliphatic carbocycles. The van der Waals surface area contributed by atoms with Gasteiger partial charge in [0.1, 0.15) is 23.7 Å². The molecule has 4 aliphatic heterocycles. The summed E-state index contributed by atoms with van der Waals surface area (Å²) in [5, 5.41) is 0. The Labute approximate surface area is 294 Å². The summed E-state index contributed by atoms with van der Waals surface area (Å²) >= 11 is 0. The molecule has 4 saturated heterocycles. The van der Waals surface area contributed by atoms with E-state index in [1.165, 1.54) is 0 Å². The van der Waals surface area contributed by atoms with Crippen molar-refractivity contribution in [2.45, 2.75) is 62.7 Å². The molecular formula is C39H49N9O2. The maximum absolute atomic E-state index is 14.4. The standard InChI is InChI=1S/C39H49N9O2/c1-44-22-24-46(25-23-44)35(29-14-6-3-7-15-29)39(50)48-21-11-17-33(48)37-41-27-31(43-37)30-26-40-36(42-30)32-16-10-20-47(32)38(49)34(45-18-8-9-19-45)28-12-4-2-5-13-28/h2-7,12-15,26-27,32-35H,8-11,16-25H2,1H3,(H,40,42)(H,41,43)/t32-,33-,34+,35?/m0/s1. The predicted octanol–water partition coefficient (Wildman–Crippen LogP) is 4.95. The number of benzene rings is 2. The Kier molecular flexibility index (Phi) is 9.53. The number of imidazole rings is 2. The van der Waals surface area contributed by atoms with E-state index in [9.17, 15) is 9.59 Å². The van der Waals surface area contributed by atoms with Crippen molar-refractivity contribution in [3.8, 4) is 11.4 Å². The molecule has 1 unspecified atom stereocenters. The van der Waals surface area contributed by atoms with E-state index in [0.717, 1.165) is 125 Å². The molecule has 4 aliphatic rings. The summed E-state index contributed by atoms with van der Waals surface area (Å²) in [5.74, 6) is 1.93. The molecular weight excluding hydrogens is 626 g/mol. The zero-order chi connectivity index (χ0) is 34.0. The largest absolute Gasteiger partial charge is 0.339 e. The van der Waals surface area contributed by atoms with Gasteiger partial charge in [0, 0.05) is 39.3 Å². The molecule has 6 heterocycles. The number of aromatic amines is 2. The first-order valence-corrected chi connectivity index (χ1v) is 18.5. The van der Waals surface area contributed by atoms with Gasteiger partial charge in [0.15, 0.2) is 0 Å². The van der Waals surface area contributed by atoms with Gasteiger partial charge in [-0.05, 0) is 69.8 Å². The van der Waals surface area contributed by atoms with E-state index in [4.69, 9.17) is 9.97 Å². The third-order valence-corrected chi connectivity index (χ3v) is 11.3. The number of H-pyrrole nitrogens is 2. The van der Waals surface area contributed by atoms with Gasteiger partial charge in [-0.3, -0.25) is 19.4 Å². The average molecular weight is 676 g/mol. The number of carbonyl (C=O) groups is 2. The van der Waals surface area contributed by atoms with Crippen molar-refractivity contribution in [1.82, 2.24) is 44.4 Å². The smallest absolute Gasteiger partial charge is 0.245 e. The van der Waals surface area contributed by atoms with Crippen LogP contribution in [0.1, 0.15) is 85.5 Å². The zero-order valence-electron chi connectivity index (χ0n) is 29.1. The van der Waals surface area contributed by atoms with Crippen LogP contribution in [0.5, 0.6) is 0 Å². The van der Waals surface area contributed by atoms with Crippen molar-refractivity contribution in [2.24, 2.45) is 0 Å². The van der Waals surface area contributed by atoms with Gasteiger partial charge in [0.2, 0.25) is 11.8 Å². The molecule has 8 rings (SSSR count). The molecule has 0 bridgehead atoms. The van der Waals surface area contributed by atoms with E-state index in [2.05, 4.69) is 56.0 Å². The highest BCUT2D eigenvalue weighted by atomic mass is 16.2. The number of piperazine rings is 1. The Bertz CT molecular complexity index is 1740. The number of aromatic nitrogens is 4. The Morgan fingerprint density at radius 2 is 1.04 bits per heavy atom. The molecule has 11 nitrogen and oxygen atoms in total. The van der Waals surface area contributed by atoms with Crippen molar-refractivity contribution in [1.29, 1.82) is 0 Å². The molecule has 4 aromatic rings. The highest BCUT2D eigenvalue weighted by Gasteiger charge is 2.41. The summed E-state index contributed by atoms with van der Waals surface area (Å²) in [5.41, 5.74) is 3.79. The number of nitrogens with zero attached hydrogens (tertiary/aromatic N) is 7. The number of hydrogen-bond donors (Lipinski definition) is 2. The minimum absolute atomic E-state index is 0.0973. The monoisotopic (exact) mass is 675 g/mol. The first-order chi connectivity index (χ1) is 24.5. The number of hydrogen-bond acceptors (Lipinski definition) is 7. The van der Waals surface area contributed by atoms with Crippen LogP contribution in [0, 0.1) is 0 Å². The van der Waals surface area contributed by atoms with Gasteiger partial charge in [0.25, 0.3) is 0 Å². The van der Waals surface area contributed by atoms with Gasteiger partial charge in [0.05, 0.1) is 35.9 Å². The van der Waals surface area contributed by atoms with Crippen LogP contribution in [0.2, 0.25) is 0 Å². The van der Waals surface area contributed by atoms with Crippen LogP contribution in [0.15, 0.2) is 73.1 Å². The first-order valence-electron chi connectivity index (χ1n) is 18.5. The lowest BCUT2D eigenvalue weighted by Crippen LogP contribution is -2.50. The zero-order valence-corrected chi connectivity index (χ0v) is 29.1. The Morgan fingerprint density at radius 3 is 1.50 bits per heavy atom. The van der Waals surface area contributed by atoms with Gasteiger partial charge >= 0.3 is 0 Å². The molecule has 2 aromatic carbocycles. The Hall–Kier alpha value is -4.32. The van der Waals surface area contributed by atoms with Gasteiger partial charge < -0.3 is 24.7 Å². The second-order valence-electron chi connectivity index (χ2n) is 14.5.